The number of amides is 2. The Balaban J connectivity index is 2.12. The fourth-order valence-electron chi connectivity index (χ4n) is 3.11. The minimum Gasteiger partial charge on any atom is -0.443 e. The molecule has 2 amide bonds. The number of ether oxygens (including phenoxy) is 2. The van der Waals surface area contributed by atoms with E-state index in [1.165, 1.54) is 6.07 Å². The Morgan fingerprint density at radius 1 is 1.17 bits per heavy atom. The number of cyclic esters (lactones) is 1. The molecule has 0 spiro atoms. The molecule has 0 unspecified atom stereocenters. The largest absolute Gasteiger partial charge is 0.443 e. The van der Waals surface area contributed by atoms with Crippen molar-refractivity contribution in [2.75, 3.05) is 4.90 Å². The fourth-order valence-corrected chi connectivity index (χ4v) is 3.11. The molecule has 29 heavy (non-hydrogen) atoms. The number of halogens is 1. The van der Waals surface area contributed by atoms with E-state index >= 15 is 0 Å². The predicted octanol–water partition coefficient (Wildman–Crippen LogP) is 5.49. The maximum Gasteiger partial charge on any atom is 0.424 e. The lowest BCUT2D eigenvalue weighted by Crippen LogP contribution is -2.48. The van der Waals surface area contributed by atoms with Crippen LogP contribution in [0.25, 0.3) is 11.1 Å². The first kappa shape index (κ1) is 20.3. The van der Waals surface area contributed by atoms with Crippen molar-refractivity contribution in [1.82, 2.24) is 0 Å². The molecule has 0 saturated carbocycles. The maximum absolute atomic E-state index is 13.9. The zero-order valence-corrected chi connectivity index (χ0v) is 16.9. The number of nitrogens with zero attached hydrogens (tertiary/aromatic N) is 2. The zero-order chi connectivity index (χ0) is 21.6. The second-order valence-corrected chi connectivity index (χ2v) is 8.27. The SMILES string of the molecule is CC(C)(C)OC(=O)N1C(=O)OC(C)(C)c2cc(-c3cc(F)cc(C#N)c3)ccc21. The normalized spacial score (nSPS) is 15.2. The molecule has 0 aromatic heterocycles. The Morgan fingerprint density at radius 2 is 1.86 bits per heavy atom. The summed E-state index contributed by atoms with van der Waals surface area (Å²) in [5.41, 5.74) is 0.394. The highest BCUT2D eigenvalue weighted by molar-refractivity contribution is 6.11. The molecule has 0 radical (unpaired) electrons. The van der Waals surface area contributed by atoms with Crippen LogP contribution in [0, 0.1) is 17.1 Å². The number of nitriles is 1. The summed E-state index contributed by atoms with van der Waals surface area (Å²) in [4.78, 5) is 25.9. The second-order valence-electron chi connectivity index (χ2n) is 8.27. The second kappa shape index (κ2) is 6.89. The molecule has 0 N–H and O–H groups in total. The molecule has 1 aliphatic heterocycles. The first-order valence-electron chi connectivity index (χ1n) is 9.03. The first-order chi connectivity index (χ1) is 13.4. The van der Waals surface area contributed by atoms with Crippen LogP contribution in [-0.2, 0) is 15.1 Å². The monoisotopic (exact) mass is 396 g/mol. The Labute approximate surface area is 168 Å². The van der Waals surface area contributed by atoms with E-state index in [0.717, 1.165) is 11.0 Å². The van der Waals surface area contributed by atoms with Gasteiger partial charge in [-0.1, -0.05) is 6.07 Å². The van der Waals surface area contributed by atoms with E-state index in [1.54, 1.807) is 58.9 Å². The Morgan fingerprint density at radius 3 is 2.48 bits per heavy atom. The highest BCUT2D eigenvalue weighted by Gasteiger charge is 2.43. The topological polar surface area (TPSA) is 79.6 Å². The predicted molar refractivity (Wildman–Crippen MR) is 105 cm³/mol. The molecule has 0 bridgehead atoms. The molecule has 2 aromatic carbocycles. The van der Waals surface area contributed by atoms with Gasteiger partial charge in [0.15, 0.2) is 0 Å². The number of rotatable bonds is 1. The summed E-state index contributed by atoms with van der Waals surface area (Å²) < 4.78 is 24.7. The molecule has 3 rings (SSSR count). The van der Waals surface area contributed by atoms with Gasteiger partial charge in [0.1, 0.15) is 17.0 Å². The van der Waals surface area contributed by atoms with Crippen LogP contribution in [0.2, 0.25) is 0 Å². The van der Waals surface area contributed by atoms with E-state index in [4.69, 9.17) is 14.7 Å². The molecule has 1 heterocycles. The lowest BCUT2D eigenvalue weighted by atomic mass is 9.90. The number of fused-ring (bicyclic) bond motifs is 1. The van der Waals surface area contributed by atoms with Gasteiger partial charge < -0.3 is 9.47 Å². The fraction of sp³-hybridized carbons (Fsp3) is 0.318. The molecule has 6 nitrogen and oxygen atoms in total. The van der Waals surface area contributed by atoms with Gasteiger partial charge >= 0.3 is 12.2 Å². The average molecular weight is 396 g/mol. The van der Waals surface area contributed by atoms with Gasteiger partial charge in [0.25, 0.3) is 0 Å². The highest BCUT2D eigenvalue weighted by Crippen LogP contribution is 2.41. The number of carbonyl (C=O) groups is 2. The van der Waals surface area contributed by atoms with Crippen LogP contribution in [0.4, 0.5) is 19.7 Å². The number of hydrogen-bond donors (Lipinski definition) is 0. The minimum atomic E-state index is -1.02. The van der Waals surface area contributed by atoms with E-state index < -0.39 is 29.2 Å². The highest BCUT2D eigenvalue weighted by atomic mass is 19.1. The standard InChI is InChI=1S/C22H21FN2O4/c1-21(2,3)28-19(26)25-18-7-6-14(11-17(18)22(4,5)29-20(25)27)15-8-13(12-24)9-16(23)10-15/h6-11H,1-5H3. The summed E-state index contributed by atoms with van der Waals surface area (Å²) in [7, 11) is 0. The number of imide groups is 1. The lowest BCUT2D eigenvalue weighted by molar-refractivity contribution is 0.0265. The molecular formula is C22H21FN2O4. The van der Waals surface area contributed by atoms with E-state index in [1.807, 2.05) is 6.07 Å². The van der Waals surface area contributed by atoms with Gasteiger partial charge in [-0.2, -0.15) is 10.2 Å². The van der Waals surface area contributed by atoms with Gasteiger partial charge in [0.05, 0.1) is 17.3 Å². The van der Waals surface area contributed by atoms with Gasteiger partial charge in [-0.25, -0.2) is 14.0 Å². The Hall–Kier alpha value is -3.40. The Bertz CT molecular complexity index is 1050. The summed E-state index contributed by atoms with van der Waals surface area (Å²) in [5.74, 6) is -0.530. The van der Waals surface area contributed by atoms with Gasteiger partial charge in [-0.15, -0.1) is 0 Å². The maximum atomic E-state index is 13.9. The number of benzene rings is 2. The van der Waals surface area contributed by atoms with Crippen LogP contribution in [0.1, 0.15) is 45.7 Å². The van der Waals surface area contributed by atoms with E-state index in [2.05, 4.69) is 0 Å². The van der Waals surface area contributed by atoms with E-state index in [0.29, 0.717) is 22.4 Å². The molecule has 0 fully saturated rings. The van der Waals surface area contributed by atoms with Gasteiger partial charge in [0, 0.05) is 5.56 Å². The van der Waals surface area contributed by atoms with Crippen molar-refractivity contribution in [2.45, 2.75) is 45.8 Å². The molecule has 1 aliphatic rings. The molecule has 0 atom stereocenters. The number of hydrogen-bond acceptors (Lipinski definition) is 5. The number of anilines is 1. The summed E-state index contributed by atoms with van der Waals surface area (Å²) in [6.45, 7) is 8.50. The molecule has 0 aliphatic carbocycles. The Kier molecular flexibility index (Phi) is 4.83. The van der Waals surface area contributed by atoms with Crippen LogP contribution in [0.3, 0.4) is 0 Å². The van der Waals surface area contributed by atoms with Crippen LogP contribution in [0.5, 0.6) is 0 Å². The van der Waals surface area contributed by atoms with Crippen molar-refractivity contribution in [1.29, 1.82) is 5.26 Å². The molecular weight excluding hydrogens is 375 g/mol. The quantitative estimate of drug-likeness (QED) is 0.637. The summed E-state index contributed by atoms with van der Waals surface area (Å²) >= 11 is 0. The minimum absolute atomic E-state index is 0.193. The molecule has 150 valence electrons. The van der Waals surface area contributed by atoms with Crippen LogP contribution >= 0.6 is 0 Å². The van der Waals surface area contributed by atoms with Gasteiger partial charge in [-0.3, -0.25) is 0 Å². The lowest BCUT2D eigenvalue weighted by Gasteiger charge is -2.38. The molecule has 7 heteroatoms. The summed E-state index contributed by atoms with van der Waals surface area (Å²) in [5, 5.41) is 9.09. The van der Waals surface area contributed by atoms with E-state index in [-0.39, 0.29) is 5.56 Å². The third-order valence-electron chi connectivity index (χ3n) is 4.35. The van der Waals surface area contributed by atoms with Crippen molar-refractivity contribution in [2.24, 2.45) is 0 Å². The summed E-state index contributed by atoms with van der Waals surface area (Å²) in [6.07, 6.45) is -1.67. The van der Waals surface area contributed by atoms with Crippen LogP contribution in [0.15, 0.2) is 36.4 Å². The van der Waals surface area contributed by atoms with Crippen molar-refractivity contribution < 1.29 is 23.5 Å². The van der Waals surface area contributed by atoms with E-state index in [9.17, 15) is 14.0 Å². The van der Waals surface area contributed by atoms with Crippen molar-refractivity contribution >= 4 is 17.9 Å². The van der Waals surface area contributed by atoms with Gasteiger partial charge in [-0.05, 0) is 76.1 Å². The third kappa shape index (κ3) is 4.06. The van der Waals surface area contributed by atoms with Gasteiger partial charge in [0.2, 0.25) is 0 Å². The third-order valence-corrected chi connectivity index (χ3v) is 4.35. The van der Waals surface area contributed by atoms with Crippen LogP contribution < -0.4 is 4.90 Å². The summed E-state index contributed by atoms with van der Waals surface area (Å²) in [6, 6.07) is 10.9. The molecule has 0 saturated heterocycles. The number of carbonyl (C=O) groups excluding carboxylic acids is 2. The molecule has 2 aromatic rings. The van der Waals surface area contributed by atoms with Crippen molar-refractivity contribution in [3.63, 3.8) is 0 Å². The van der Waals surface area contributed by atoms with Crippen LogP contribution in [-0.4, -0.2) is 17.8 Å². The van der Waals surface area contributed by atoms with Crippen molar-refractivity contribution in [3.05, 3.63) is 53.3 Å². The smallest absolute Gasteiger partial charge is 0.424 e. The van der Waals surface area contributed by atoms with Crippen molar-refractivity contribution in [3.8, 4) is 17.2 Å². The zero-order valence-electron chi connectivity index (χ0n) is 16.9. The average Bonchev–Trinajstić information content (AvgIpc) is 2.58. The first-order valence-corrected chi connectivity index (χ1v) is 9.03.